The van der Waals surface area contributed by atoms with Crippen LogP contribution < -0.4 is 10.6 Å². The Balaban J connectivity index is 1.30. The fourth-order valence-electron chi connectivity index (χ4n) is 4.39. The lowest BCUT2D eigenvalue weighted by Crippen LogP contribution is -2.44. The second kappa shape index (κ2) is 13.2. The first-order valence-electron chi connectivity index (χ1n) is 13.5. The van der Waals surface area contributed by atoms with Gasteiger partial charge in [-0.05, 0) is 36.8 Å². The van der Waals surface area contributed by atoms with Crippen LogP contribution in [0.1, 0.15) is 21.5 Å². The molecule has 2 amide bonds. The monoisotopic (exact) mass is 558 g/mol. The largest absolute Gasteiger partial charge is 0.454 e. The molecule has 5 rings (SSSR count). The number of nitrogens with zero attached hydrogens (tertiary/aromatic N) is 2. The summed E-state index contributed by atoms with van der Waals surface area (Å²) in [6.07, 6.45) is 0.209. The number of esters is 1. The summed E-state index contributed by atoms with van der Waals surface area (Å²) < 4.78 is 7.03. The van der Waals surface area contributed by atoms with E-state index in [1.165, 1.54) is 0 Å². The normalized spacial score (nSPS) is 11.4. The summed E-state index contributed by atoms with van der Waals surface area (Å²) >= 11 is 0. The molecule has 8 nitrogen and oxygen atoms in total. The Hall–Kier alpha value is -5.50. The van der Waals surface area contributed by atoms with Crippen molar-refractivity contribution < 1.29 is 19.1 Å². The van der Waals surface area contributed by atoms with E-state index in [-0.39, 0.29) is 6.42 Å². The van der Waals surface area contributed by atoms with Crippen molar-refractivity contribution in [3.63, 3.8) is 0 Å². The lowest BCUT2D eigenvalue weighted by atomic mass is 10.1. The summed E-state index contributed by atoms with van der Waals surface area (Å²) in [4.78, 5) is 39.0. The van der Waals surface area contributed by atoms with Crippen molar-refractivity contribution in [2.24, 2.45) is 0 Å². The maximum atomic E-state index is 13.1. The van der Waals surface area contributed by atoms with E-state index < -0.39 is 30.4 Å². The van der Waals surface area contributed by atoms with E-state index >= 15 is 0 Å². The SMILES string of the molecule is Cc1ccc(-c2cc(NC(=O)COC(=O)C(Cc3ccccc3)NC(=O)c3ccccc3)n(-c3ccccc3)n2)cc1. The highest BCUT2D eigenvalue weighted by atomic mass is 16.5. The van der Waals surface area contributed by atoms with Crippen molar-refractivity contribution in [2.75, 3.05) is 11.9 Å². The topological polar surface area (TPSA) is 102 Å². The first-order valence-corrected chi connectivity index (χ1v) is 13.5. The first kappa shape index (κ1) is 28.0. The van der Waals surface area contributed by atoms with Gasteiger partial charge < -0.3 is 15.4 Å². The molecule has 2 N–H and O–H groups in total. The van der Waals surface area contributed by atoms with Crippen LogP contribution >= 0.6 is 0 Å². The van der Waals surface area contributed by atoms with Gasteiger partial charge in [-0.3, -0.25) is 9.59 Å². The first-order chi connectivity index (χ1) is 20.5. The van der Waals surface area contributed by atoms with Crippen molar-refractivity contribution in [1.82, 2.24) is 15.1 Å². The molecule has 0 radical (unpaired) electrons. The molecule has 5 aromatic rings. The molecule has 0 aliphatic rings. The van der Waals surface area contributed by atoms with E-state index in [4.69, 9.17) is 9.84 Å². The molecule has 0 saturated carbocycles. The van der Waals surface area contributed by atoms with Crippen LogP contribution in [-0.4, -0.2) is 40.2 Å². The van der Waals surface area contributed by atoms with Crippen LogP contribution in [0.15, 0.2) is 121 Å². The molecule has 0 saturated heterocycles. The summed E-state index contributed by atoms with van der Waals surface area (Å²) in [7, 11) is 0. The van der Waals surface area contributed by atoms with Crippen molar-refractivity contribution in [1.29, 1.82) is 0 Å². The van der Waals surface area contributed by atoms with Crippen molar-refractivity contribution in [3.05, 3.63) is 138 Å². The fraction of sp³-hybridized carbons (Fsp3) is 0.118. The number of amides is 2. The van der Waals surface area contributed by atoms with Gasteiger partial charge in [-0.2, -0.15) is 5.10 Å². The minimum Gasteiger partial charge on any atom is -0.454 e. The number of nitrogens with one attached hydrogen (secondary N) is 2. The van der Waals surface area contributed by atoms with Crippen LogP contribution in [0.2, 0.25) is 0 Å². The number of carbonyl (C=O) groups excluding carboxylic acids is 3. The van der Waals surface area contributed by atoms with Gasteiger partial charge in [0, 0.05) is 23.6 Å². The number of carbonyl (C=O) groups is 3. The molecular weight excluding hydrogens is 528 g/mol. The Bertz CT molecular complexity index is 1650. The van der Waals surface area contributed by atoms with Crippen LogP contribution in [0, 0.1) is 6.92 Å². The Morgan fingerprint density at radius 2 is 1.43 bits per heavy atom. The zero-order chi connectivity index (χ0) is 29.3. The molecule has 1 heterocycles. The number of hydrogen-bond acceptors (Lipinski definition) is 5. The number of aromatic nitrogens is 2. The molecule has 0 aliphatic heterocycles. The van der Waals surface area contributed by atoms with Crippen molar-refractivity contribution >= 4 is 23.6 Å². The molecule has 1 aromatic heterocycles. The summed E-state index contributed by atoms with van der Waals surface area (Å²) in [6.45, 7) is 1.47. The quantitative estimate of drug-likeness (QED) is 0.224. The predicted octanol–water partition coefficient (Wildman–Crippen LogP) is 5.37. The van der Waals surface area contributed by atoms with Crippen LogP contribution in [0.3, 0.4) is 0 Å². The number of hydrogen-bond donors (Lipinski definition) is 2. The summed E-state index contributed by atoms with van der Waals surface area (Å²) in [6, 6.07) is 36.0. The number of rotatable bonds is 10. The highest BCUT2D eigenvalue weighted by Gasteiger charge is 2.24. The highest BCUT2D eigenvalue weighted by Crippen LogP contribution is 2.25. The van der Waals surface area contributed by atoms with Crippen LogP contribution in [0.5, 0.6) is 0 Å². The Labute approximate surface area is 244 Å². The van der Waals surface area contributed by atoms with Crippen LogP contribution in [0.4, 0.5) is 5.82 Å². The van der Waals surface area contributed by atoms with Gasteiger partial charge in [0.25, 0.3) is 11.8 Å². The number of para-hydroxylation sites is 1. The average molecular weight is 559 g/mol. The van der Waals surface area contributed by atoms with Gasteiger partial charge in [-0.15, -0.1) is 0 Å². The zero-order valence-electron chi connectivity index (χ0n) is 23.1. The maximum absolute atomic E-state index is 13.1. The molecule has 0 aliphatic carbocycles. The molecule has 210 valence electrons. The summed E-state index contributed by atoms with van der Waals surface area (Å²) in [5.41, 5.74) is 4.72. The molecule has 0 fully saturated rings. The molecule has 1 unspecified atom stereocenters. The maximum Gasteiger partial charge on any atom is 0.329 e. The van der Waals surface area contributed by atoms with Gasteiger partial charge in [0.05, 0.1) is 11.4 Å². The van der Waals surface area contributed by atoms with Crippen molar-refractivity contribution in [3.8, 4) is 16.9 Å². The highest BCUT2D eigenvalue weighted by molar-refractivity contribution is 5.97. The Morgan fingerprint density at radius 3 is 2.10 bits per heavy atom. The van der Waals surface area contributed by atoms with E-state index in [9.17, 15) is 14.4 Å². The Morgan fingerprint density at radius 1 is 0.810 bits per heavy atom. The van der Waals surface area contributed by atoms with Crippen LogP contribution in [0.25, 0.3) is 16.9 Å². The predicted molar refractivity (Wildman–Crippen MR) is 161 cm³/mol. The molecule has 0 spiro atoms. The molecular formula is C34H30N4O4. The van der Waals surface area contributed by atoms with E-state index in [1.807, 2.05) is 91.9 Å². The van der Waals surface area contributed by atoms with Gasteiger partial charge in [-0.1, -0.05) is 96.6 Å². The number of aryl methyl sites for hydroxylation is 1. The molecule has 1 atom stereocenters. The van der Waals surface area contributed by atoms with E-state index in [0.717, 1.165) is 22.4 Å². The van der Waals surface area contributed by atoms with Gasteiger partial charge in [0.2, 0.25) is 0 Å². The number of benzene rings is 4. The third kappa shape index (κ3) is 7.17. The van der Waals surface area contributed by atoms with Gasteiger partial charge >= 0.3 is 5.97 Å². The smallest absolute Gasteiger partial charge is 0.329 e. The zero-order valence-corrected chi connectivity index (χ0v) is 23.1. The number of ether oxygens (including phenoxy) is 1. The van der Waals surface area contributed by atoms with Gasteiger partial charge in [0.1, 0.15) is 11.9 Å². The van der Waals surface area contributed by atoms with E-state index in [1.54, 1.807) is 41.1 Å². The minimum atomic E-state index is -0.990. The second-order valence-electron chi connectivity index (χ2n) is 9.77. The number of anilines is 1. The summed E-state index contributed by atoms with van der Waals surface area (Å²) in [5, 5.41) is 10.3. The third-order valence-corrected chi connectivity index (χ3v) is 6.58. The Kier molecular flexibility index (Phi) is 8.84. The summed E-state index contributed by atoms with van der Waals surface area (Å²) in [5.74, 6) is -1.23. The molecule has 0 bridgehead atoms. The standard InChI is InChI=1S/C34H30N4O4/c1-24-17-19-26(20-18-24)29-22-31(38(37-29)28-15-9-4-10-16-28)36-32(39)23-42-34(41)30(21-25-11-5-2-6-12-25)35-33(40)27-13-7-3-8-14-27/h2-20,22,30H,21,23H2,1H3,(H,35,40)(H,36,39). The third-order valence-electron chi connectivity index (χ3n) is 6.58. The molecule has 4 aromatic carbocycles. The van der Waals surface area contributed by atoms with E-state index in [2.05, 4.69) is 10.6 Å². The van der Waals surface area contributed by atoms with Gasteiger partial charge in [-0.25, -0.2) is 9.48 Å². The second-order valence-corrected chi connectivity index (χ2v) is 9.77. The minimum absolute atomic E-state index is 0.209. The molecule has 8 heteroatoms. The lowest BCUT2D eigenvalue weighted by molar-refractivity contribution is -0.149. The van der Waals surface area contributed by atoms with Gasteiger partial charge in [0.15, 0.2) is 6.61 Å². The lowest BCUT2D eigenvalue weighted by Gasteiger charge is -2.18. The van der Waals surface area contributed by atoms with Crippen LogP contribution in [-0.2, 0) is 20.7 Å². The fourth-order valence-corrected chi connectivity index (χ4v) is 4.39. The van der Waals surface area contributed by atoms with Crippen molar-refractivity contribution in [2.45, 2.75) is 19.4 Å². The molecule has 42 heavy (non-hydrogen) atoms. The van der Waals surface area contributed by atoms with E-state index in [0.29, 0.717) is 17.1 Å². The average Bonchev–Trinajstić information content (AvgIpc) is 3.44.